The average Bonchev–Trinajstić information content (AvgIpc) is 3.11. The molecule has 10 nitrogen and oxygen atoms in total. The normalized spacial score (nSPS) is 22.3. The summed E-state index contributed by atoms with van der Waals surface area (Å²) >= 11 is 0. The fourth-order valence-corrected chi connectivity index (χ4v) is 3.97. The summed E-state index contributed by atoms with van der Waals surface area (Å²) in [7, 11) is 5.47. The number of aromatic nitrogens is 1. The van der Waals surface area contributed by atoms with Crippen LogP contribution in [0.25, 0.3) is 0 Å². The van der Waals surface area contributed by atoms with E-state index in [0.717, 1.165) is 6.54 Å². The lowest BCUT2D eigenvalue weighted by atomic mass is 10.0. The molecule has 3 rings (SSSR count). The van der Waals surface area contributed by atoms with Gasteiger partial charge in [-0.2, -0.15) is 0 Å². The van der Waals surface area contributed by atoms with Crippen LogP contribution in [0.1, 0.15) is 35.7 Å². The molecular formula is C24H35N5O5. The average molecular weight is 474 g/mol. The molecular weight excluding hydrogens is 438 g/mol. The minimum absolute atomic E-state index is 0.116. The highest BCUT2D eigenvalue weighted by Crippen LogP contribution is 2.27. The number of methoxy groups -OCH3 is 1. The van der Waals surface area contributed by atoms with Crippen LogP contribution in [0, 0.1) is 19.8 Å². The van der Waals surface area contributed by atoms with E-state index in [2.05, 4.69) is 41.6 Å². The van der Waals surface area contributed by atoms with Gasteiger partial charge in [0.15, 0.2) is 5.76 Å². The van der Waals surface area contributed by atoms with Crippen LogP contribution in [0.3, 0.4) is 0 Å². The molecule has 10 heteroatoms. The summed E-state index contributed by atoms with van der Waals surface area (Å²) < 4.78 is 16.9. The number of fused-ring (bicyclic) bond motifs is 1. The van der Waals surface area contributed by atoms with Gasteiger partial charge in [0.05, 0.1) is 11.7 Å². The zero-order valence-corrected chi connectivity index (χ0v) is 21.0. The number of nitrogens with one attached hydrogen (secondary N) is 2. The highest BCUT2D eigenvalue weighted by Gasteiger charge is 2.27. The lowest BCUT2D eigenvalue weighted by molar-refractivity contribution is 0.0150. The largest absolute Gasteiger partial charge is 0.491 e. The molecule has 34 heavy (non-hydrogen) atoms. The number of likely N-dealkylation sites (N-methyl/N-ethyl adjacent to an activating group) is 2. The van der Waals surface area contributed by atoms with E-state index in [1.54, 1.807) is 51.1 Å². The Morgan fingerprint density at radius 2 is 1.91 bits per heavy atom. The van der Waals surface area contributed by atoms with E-state index in [1.165, 1.54) is 0 Å². The van der Waals surface area contributed by atoms with E-state index in [9.17, 15) is 9.59 Å². The molecule has 0 fully saturated rings. The molecule has 0 spiro atoms. The Morgan fingerprint density at radius 3 is 2.56 bits per heavy atom. The summed E-state index contributed by atoms with van der Waals surface area (Å²) in [5.74, 6) is 0.987. The van der Waals surface area contributed by atoms with Gasteiger partial charge in [0, 0.05) is 39.0 Å². The number of carbonyl (C=O) groups excluding carboxylic acids is 2. The van der Waals surface area contributed by atoms with Crippen molar-refractivity contribution in [1.29, 1.82) is 0 Å². The number of aryl methyl sites for hydroxylation is 2. The third-order valence-corrected chi connectivity index (χ3v) is 6.29. The van der Waals surface area contributed by atoms with Crippen molar-refractivity contribution in [3.8, 4) is 5.75 Å². The van der Waals surface area contributed by atoms with Gasteiger partial charge in [0.25, 0.3) is 5.91 Å². The second kappa shape index (κ2) is 10.9. The first-order valence-electron chi connectivity index (χ1n) is 11.4. The van der Waals surface area contributed by atoms with Gasteiger partial charge in [-0.05, 0) is 51.9 Å². The molecule has 0 saturated carbocycles. The number of anilines is 2. The summed E-state index contributed by atoms with van der Waals surface area (Å²) in [5, 5.41) is 9.34. The molecule has 2 heterocycles. The van der Waals surface area contributed by atoms with Crippen LogP contribution in [0.2, 0.25) is 0 Å². The quantitative estimate of drug-likeness (QED) is 0.703. The first kappa shape index (κ1) is 25.5. The van der Waals surface area contributed by atoms with Gasteiger partial charge in [-0.1, -0.05) is 12.1 Å². The maximum Gasteiger partial charge on any atom is 0.323 e. The van der Waals surface area contributed by atoms with Crippen LogP contribution in [-0.4, -0.2) is 79.9 Å². The van der Waals surface area contributed by atoms with Crippen molar-refractivity contribution < 1.29 is 23.6 Å². The fourth-order valence-electron chi connectivity index (χ4n) is 3.97. The molecule has 0 bridgehead atoms. The summed E-state index contributed by atoms with van der Waals surface area (Å²) in [4.78, 5) is 29.8. The van der Waals surface area contributed by atoms with E-state index in [0.29, 0.717) is 47.3 Å². The zero-order valence-electron chi connectivity index (χ0n) is 21.0. The Balaban J connectivity index is 1.86. The summed E-state index contributed by atoms with van der Waals surface area (Å²) in [6, 6.07) is 4.72. The Bertz CT molecular complexity index is 1000. The topological polar surface area (TPSA) is 109 Å². The van der Waals surface area contributed by atoms with Crippen LogP contribution in [0.4, 0.5) is 16.2 Å². The van der Waals surface area contributed by atoms with Crippen LogP contribution in [0.5, 0.6) is 5.75 Å². The fraction of sp³-hybridized carbons (Fsp3) is 0.542. The maximum absolute atomic E-state index is 13.4. The minimum atomic E-state index is -0.465. The second-order valence-corrected chi connectivity index (χ2v) is 9.03. The van der Waals surface area contributed by atoms with Crippen LogP contribution in [-0.2, 0) is 4.74 Å². The molecule has 1 aliphatic rings. The van der Waals surface area contributed by atoms with Crippen molar-refractivity contribution in [3.05, 3.63) is 35.2 Å². The number of urea groups is 1. The van der Waals surface area contributed by atoms with Gasteiger partial charge < -0.3 is 29.5 Å². The molecule has 0 saturated heterocycles. The van der Waals surface area contributed by atoms with Crippen molar-refractivity contribution in [2.45, 2.75) is 39.8 Å². The highest BCUT2D eigenvalue weighted by atomic mass is 16.5. The SMILES string of the molecule is CO[C@H]1CN(C)C(=O)c2cc(NC(=O)Nc3c(C)noc3C)ccc2OC[C@@H](C)N(C)C[C@H]1C. The lowest BCUT2D eigenvalue weighted by Crippen LogP contribution is -2.45. The van der Waals surface area contributed by atoms with Gasteiger partial charge >= 0.3 is 6.03 Å². The number of rotatable bonds is 3. The Hall–Kier alpha value is -3.11. The predicted molar refractivity (Wildman–Crippen MR) is 130 cm³/mol. The number of carbonyl (C=O) groups is 2. The van der Waals surface area contributed by atoms with E-state index in [-0.39, 0.29) is 24.0 Å². The standard InChI is InChI=1S/C24H35N5O5/c1-14-11-28(5)15(2)13-33-20-9-8-18(10-19(20)23(30)29(6)12-21(14)32-7)25-24(31)26-22-16(3)27-34-17(22)4/h8-10,14-15,21H,11-13H2,1-7H3,(H2,25,26,31)/t14-,15-,21+/m1/s1. The number of hydrogen-bond donors (Lipinski definition) is 2. The molecule has 1 aromatic carbocycles. The van der Waals surface area contributed by atoms with Gasteiger partial charge in [-0.3, -0.25) is 9.69 Å². The van der Waals surface area contributed by atoms with Crippen molar-refractivity contribution in [1.82, 2.24) is 15.0 Å². The van der Waals surface area contributed by atoms with Crippen molar-refractivity contribution >= 4 is 23.3 Å². The monoisotopic (exact) mass is 473 g/mol. The molecule has 3 atom stereocenters. The van der Waals surface area contributed by atoms with Crippen molar-refractivity contribution in [2.24, 2.45) is 5.92 Å². The van der Waals surface area contributed by atoms with E-state index >= 15 is 0 Å². The number of nitrogens with zero attached hydrogens (tertiary/aromatic N) is 3. The first-order valence-corrected chi connectivity index (χ1v) is 11.4. The number of ether oxygens (including phenoxy) is 2. The molecule has 2 aromatic rings. The van der Waals surface area contributed by atoms with Crippen LogP contribution >= 0.6 is 0 Å². The first-order chi connectivity index (χ1) is 16.1. The van der Waals surface area contributed by atoms with Crippen molar-refractivity contribution in [2.75, 3.05) is 51.5 Å². The summed E-state index contributed by atoms with van der Waals surface area (Å²) in [6.07, 6.45) is -0.116. The Kier molecular flexibility index (Phi) is 8.16. The van der Waals surface area contributed by atoms with Gasteiger partial charge in [0.2, 0.25) is 0 Å². The van der Waals surface area contributed by atoms with Crippen molar-refractivity contribution in [3.63, 3.8) is 0 Å². The predicted octanol–water partition coefficient (Wildman–Crippen LogP) is 3.37. The van der Waals surface area contributed by atoms with Gasteiger partial charge in [-0.15, -0.1) is 0 Å². The molecule has 0 aliphatic carbocycles. The summed E-state index contributed by atoms with van der Waals surface area (Å²) in [5.41, 5.74) is 1.93. The van der Waals surface area contributed by atoms with Gasteiger partial charge in [0.1, 0.15) is 23.7 Å². The lowest BCUT2D eigenvalue weighted by Gasteiger charge is -2.34. The highest BCUT2D eigenvalue weighted by molar-refractivity contribution is 6.02. The third-order valence-electron chi connectivity index (χ3n) is 6.29. The number of benzene rings is 1. The van der Waals surface area contributed by atoms with Crippen LogP contribution < -0.4 is 15.4 Å². The van der Waals surface area contributed by atoms with Gasteiger partial charge in [-0.25, -0.2) is 4.79 Å². The third kappa shape index (κ3) is 5.87. The summed E-state index contributed by atoms with van der Waals surface area (Å²) in [6.45, 7) is 9.34. The Labute approximate surface area is 200 Å². The number of hydrogen-bond acceptors (Lipinski definition) is 7. The molecule has 3 amide bonds. The number of amides is 3. The molecule has 1 aliphatic heterocycles. The second-order valence-electron chi connectivity index (χ2n) is 9.03. The van der Waals surface area contributed by atoms with E-state index in [4.69, 9.17) is 14.0 Å². The molecule has 0 radical (unpaired) electrons. The zero-order chi connectivity index (χ0) is 25.0. The van der Waals surface area contributed by atoms with E-state index in [1.807, 2.05) is 0 Å². The smallest absolute Gasteiger partial charge is 0.323 e. The molecule has 186 valence electrons. The molecule has 1 aromatic heterocycles. The van der Waals surface area contributed by atoms with Crippen LogP contribution in [0.15, 0.2) is 22.7 Å². The molecule has 0 unspecified atom stereocenters. The maximum atomic E-state index is 13.4. The molecule has 2 N–H and O–H groups in total. The minimum Gasteiger partial charge on any atom is -0.491 e. The van der Waals surface area contributed by atoms with E-state index < -0.39 is 6.03 Å². The Morgan fingerprint density at radius 1 is 1.18 bits per heavy atom.